The van der Waals surface area contributed by atoms with Crippen LogP contribution in [0, 0.1) is 5.92 Å². The molecule has 1 amide bonds. The van der Waals surface area contributed by atoms with Gasteiger partial charge in [0.2, 0.25) is 5.91 Å². The molecule has 0 spiro atoms. The Bertz CT molecular complexity index is 527. The van der Waals surface area contributed by atoms with Gasteiger partial charge in [-0.3, -0.25) is 9.59 Å². The second-order valence-electron chi connectivity index (χ2n) is 5.26. The molecule has 1 aromatic carbocycles. The summed E-state index contributed by atoms with van der Waals surface area (Å²) in [5.74, 6) is -1.10. The first-order valence-electron chi connectivity index (χ1n) is 7.06. The summed E-state index contributed by atoms with van der Waals surface area (Å²) in [6.45, 7) is 2.00. The number of carboxylic acid groups (broad SMARTS) is 1. The summed E-state index contributed by atoms with van der Waals surface area (Å²) in [4.78, 5) is 25.0. The standard InChI is InChI=1S/C15H19BrN2O3.ClH/c16-12-5-1-2-6-13(12)17-14(19)7-9-18-8-3-4-11(10-18)15(20)21;/h1-2,5-6,11H,3-4,7-10H2,(H,17,19)(H,20,21);1H. The summed E-state index contributed by atoms with van der Waals surface area (Å²) in [5, 5.41) is 11.9. The number of nitrogens with one attached hydrogen (secondary N) is 1. The predicted octanol–water partition coefficient (Wildman–Crippen LogP) is 3.00. The number of hydrogen-bond acceptors (Lipinski definition) is 3. The van der Waals surface area contributed by atoms with Crippen LogP contribution in [-0.2, 0) is 9.59 Å². The number of nitrogens with zero attached hydrogens (tertiary/aromatic N) is 1. The molecular weight excluding hydrogens is 372 g/mol. The third-order valence-electron chi connectivity index (χ3n) is 3.66. The largest absolute Gasteiger partial charge is 0.481 e. The predicted molar refractivity (Wildman–Crippen MR) is 91.4 cm³/mol. The molecular formula is C15H20BrClN2O3. The van der Waals surface area contributed by atoms with Gasteiger partial charge in [-0.15, -0.1) is 12.4 Å². The number of hydrogen-bond donors (Lipinski definition) is 2. The Morgan fingerprint density at radius 2 is 2.09 bits per heavy atom. The highest BCUT2D eigenvalue weighted by Crippen LogP contribution is 2.21. The van der Waals surface area contributed by atoms with E-state index in [-0.39, 0.29) is 24.2 Å². The van der Waals surface area contributed by atoms with Gasteiger partial charge in [0.1, 0.15) is 0 Å². The van der Waals surface area contributed by atoms with Crippen molar-refractivity contribution in [2.24, 2.45) is 5.92 Å². The lowest BCUT2D eigenvalue weighted by atomic mass is 9.98. The zero-order valence-corrected chi connectivity index (χ0v) is 14.5. The quantitative estimate of drug-likeness (QED) is 0.809. The maximum Gasteiger partial charge on any atom is 0.307 e. The van der Waals surface area contributed by atoms with E-state index in [1.165, 1.54) is 0 Å². The van der Waals surface area contributed by atoms with E-state index < -0.39 is 5.97 Å². The first-order valence-corrected chi connectivity index (χ1v) is 7.85. The summed E-state index contributed by atoms with van der Waals surface area (Å²) < 4.78 is 0.849. The average Bonchev–Trinajstić information content (AvgIpc) is 2.48. The molecule has 1 aromatic rings. The van der Waals surface area contributed by atoms with Crippen molar-refractivity contribution < 1.29 is 14.7 Å². The molecule has 2 N–H and O–H groups in total. The van der Waals surface area contributed by atoms with Crippen LogP contribution >= 0.6 is 28.3 Å². The Labute approximate surface area is 144 Å². The molecule has 0 bridgehead atoms. The van der Waals surface area contributed by atoms with E-state index in [9.17, 15) is 9.59 Å². The average molecular weight is 392 g/mol. The number of likely N-dealkylation sites (tertiary alicyclic amines) is 1. The van der Waals surface area contributed by atoms with Gasteiger partial charge in [-0.1, -0.05) is 12.1 Å². The van der Waals surface area contributed by atoms with E-state index in [2.05, 4.69) is 26.1 Å². The number of aliphatic carboxylic acids is 1. The fourth-order valence-electron chi connectivity index (χ4n) is 2.50. The van der Waals surface area contributed by atoms with Crippen LogP contribution in [0.25, 0.3) is 0 Å². The van der Waals surface area contributed by atoms with Crippen LogP contribution in [0.15, 0.2) is 28.7 Å². The van der Waals surface area contributed by atoms with E-state index in [4.69, 9.17) is 5.11 Å². The molecule has 1 heterocycles. The number of carbonyl (C=O) groups is 2. The minimum Gasteiger partial charge on any atom is -0.481 e. The molecule has 1 atom stereocenters. The Morgan fingerprint density at radius 3 is 2.77 bits per heavy atom. The van der Waals surface area contributed by atoms with Gasteiger partial charge in [-0.05, 0) is 47.4 Å². The topological polar surface area (TPSA) is 69.6 Å². The number of carboxylic acids is 1. The number of benzene rings is 1. The highest BCUT2D eigenvalue weighted by molar-refractivity contribution is 9.10. The molecule has 1 aliphatic heterocycles. The molecule has 1 unspecified atom stereocenters. The van der Waals surface area contributed by atoms with Crippen LogP contribution in [0.4, 0.5) is 5.69 Å². The molecule has 0 aliphatic carbocycles. The first-order chi connectivity index (χ1) is 10.1. The second kappa shape index (κ2) is 9.12. The van der Waals surface area contributed by atoms with Gasteiger partial charge in [-0.25, -0.2) is 0 Å². The van der Waals surface area contributed by atoms with Crippen LogP contribution in [0.1, 0.15) is 19.3 Å². The molecule has 0 saturated carbocycles. The van der Waals surface area contributed by atoms with Gasteiger partial charge in [0, 0.05) is 24.0 Å². The zero-order valence-electron chi connectivity index (χ0n) is 12.1. The summed E-state index contributed by atoms with van der Waals surface area (Å²) in [5.41, 5.74) is 0.754. The summed E-state index contributed by atoms with van der Waals surface area (Å²) in [6, 6.07) is 7.46. The molecule has 1 saturated heterocycles. The van der Waals surface area contributed by atoms with Crippen LogP contribution in [-0.4, -0.2) is 41.5 Å². The fraction of sp³-hybridized carbons (Fsp3) is 0.467. The second-order valence-corrected chi connectivity index (χ2v) is 6.11. The Morgan fingerprint density at radius 1 is 1.36 bits per heavy atom. The van der Waals surface area contributed by atoms with Gasteiger partial charge >= 0.3 is 5.97 Å². The van der Waals surface area contributed by atoms with Crippen molar-refractivity contribution >= 4 is 45.9 Å². The van der Waals surface area contributed by atoms with E-state index in [0.29, 0.717) is 19.5 Å². The molecule has 5 nitrogen and oxygen atoms in total. The number of halogens is 2. The summed E-state index contributed by atoms with van der Waals surface area (Å²) in [7, 11) is 0. The number of carbonyl (C=O) groups excluding carboxylic acids is 1. The van der Waals surface area contributed by atoms with Crippen molar-refractivity contribution in [3.8, 4) is 0 Å². The normalized spacial score (nSPS) is 18.3. The van der Waals surface area contributed by atoms with E-state index in [1.54, 1.807) is 0 Å². The lowest BCUT2D eigenvalue weighted by Gasteiger charge is -2.30. The molecule has 0 aromatic heterocycles. The van der Waals surface area contributed by atoms with Gasteiger partial charge in [-0.2, -0.15) is 0 Å². The highest BCUT2D eigenvalue weighted by Gasteiger charge is 2.25. The minimum absolute atomic E-state index is 0. The number of para-hydroxylation sites is 1. The maximum absolute atomic E-state index is 11.9. The molecule has 122 valence electrons. The SMILES string of the molecule is Cl.O=C(CCN1CCCC(C(=O)O)C1)Nc1ccccc1Br. The van der Waals surface area contributed by atoms with E-state index in [0.717, 1.165) is 29.5 Å². The van der Waals surface area contributed by atoms with Gasteiger partial charge in [0.05, 0.1) is 11.6 Å². The van der Waals surface area contributed by atoms with Crippen molar-refractivity contribution in [2.45, 2.75) is 19.3 Å². The Hall–Kier alpha value is -1.11. The van der Waals surface area contributed by atoms with Crippen LogP contribution in [0.3, 0.4) is 0 Å². The molecule has 1 aliphatic rings. The maximum atomic E-state index is 11.9. The van der Waals surface area contributed by atoms with Crippen molar-refractivity contribution in [2.75, 3.05) is 25.0 Å². The first kappa shape index (κ1) is 18.9. The third-order valence-corrected chi connectivity index (χ3v) is 4.35. The highest BCUT2D eigenvalue weighted by atomic mass is 79.9. The summed E-state index contributed by atoms with van der Waals surface area (Å²) in [6.07, 6.45) is 1.98. The van der Waals surface area contributed by atoms with Crippen LogP contribution in [0.5, 0.6) is 0 Å². The van der Waals surface area contributed by atoms with Gasteiger partial charge < -0.3 is 15.3 Å². The third kappa shape index (κ3) is 5.59. The summed E-state index contributed by atoms with van der Waals surface area (Å²) >= 11 is 3.39. The van der Waals surface area contributed by atoms with Crippen molar-refractivity contribution in [3.63, 3.8) is 0 Å². The molecule has 2 rings (SSSR count). The smallest absolute Gasteiger partial charge is 0.307 e. The van der Waals surface area contributed by atoms with Gasteiger partial charge in [0.15, 0.2) is 0 Å². The van der Waals surface area contributed by atoms with E-state index >= 15 is 0 Å². The van der Waals surface area contributed by atoms with Crippen molar-refractivity contribution in [1.29, 1.82) is 0 Å². The molecule has 22 heavy (non-hydrogen) atoms. The molecule has 7 heteroatoms. The van der Waals surface area contributed by atoms with Crippen LogP contribution in [0.2, 0.25) is 0 Å². The monoisotopic (exact) mass is 390 g/mol. The van der Waals surface area contributed by atoms with E-state index in [1.807, 2.05) is 24.3 Å². The minimum atomic E-state index is -0.739. The number of anilines is 1. The van der Waals surface area contributed by atoms with Crippen LogP contribution < -0.4 is 5.32 Å². The molecule has 1 fully saturated rings. The Kier molecular flexibility index (Phi) is 7.85. The molecule has 0 radical (unpaired) electrons. The number of piperidine rings is 1. The lowest BCUT2D eigenvalue weighted by molar-refractivity contribution is -0.143. The zero-order chi connectivity index (χ0) is 15.2. The lowest BCUT2D eigenvalue weighted by Crippen LogP contribution is -2.40. The Balaban J connectivity index is 0.00000242. The number of rotatable bonds is 5. The van der Waals surface area contributed by atoms with Crippen molar-refractivity contribution in [3.05, 3.63) is 28.7 Å². The van der Waals surface area contributed by atoms with Crippen molar-refractivity contribution in [1.82, 2.24) is 4.90 Å². The van der Waals surface area contributed by atoms with Gasteiger partial charge in [0.25, 0.3) is 0 Å². The number of amides is 1. The fourth-order valence-corrected chi connectivity index (χ4v) is 2.88.